The molecule has 0 aliphatic heterocycles. The van der Waals surface area contributed by atoms with Crippen molar-refractivity contribution in [3.63, 3.8) is 0 Å². The second kappa shape index (κ2) is 7.02. The first-order chi connectivity index (χ1) is 10.9. The first kappa shape index (κ1) is 16.6. The predicted octanol–water partition coefficient (Wildman–Crippen LogP) is 3.63. The van der Waals surface area contributed by atoms with Crippen LogP contribution in [0.3, 0.4) is 0 Å². The number of benzene rings is 2. The molecule has 0 unspecified atom stereocenters. The Kier molecular flexibility index (Phi) is 5.08. The van der Waals surface area contributed by atoms with Crippen LogP contribution in [0.15, 0.2) is 42.5 Å². The summed E-state index contributed by atoms with van der Waals surface area (Å²) in [4.78, 5) is 33.5. The molecule has 2 aromatic carbocycles. The molecule has 6 nitrogen and oxygen atoms in total. The molecule has 118 valence electrons. The van der Waals surface area contributed by atoms with Gasteiger partial charge in [0.25, 0.3) is 5.69 Å². The second-order valence-electron chi connectivity index (χ2n) is 4.90. The van der Waals surface area contributed by atoms with Crippen LogP contribution in [-0.2, 0) is 11.2 Å². The molecule has 7 heteroatoms. The number of hydrogen-bond donors (Lipinski definition) is 1. The number of nitrogens with zero attached hydrogens (tertiary/aromatic N) is 1. The number of Topliss-reactive ketones (excluding diaryl/α,β-unsaturated/α-hetero) is 1. The van der Waals surface area contributed by atoms with Crippen molar-refractivity contribution in [2.45, 2.75) is 13.3 Å². The number of anilines is 1. The number of nitrogens with one attached hydrogen (secondary N) is 1. The number of amides is 1. The number of nitro groups is 1. The van der Waals surface area contributed by atoms with E-state index in [1.54, 1.807) is 12.1 Å². The van der Waals surface area contributed by atoms with Gasteiger partial charge in [0.2, 0.25) is 5.91 Å². The molecule has 0 bridgehead atoms. The van der Waals surface area contributed by atoms with Gasteiger partial charge in [-0.05, 0) is 30.7 Å². The van der Waals surface area contributed by atoms with E-state index in [0.29, 0.717) is 21.8 Å². The monoisotopic (exact) mass is 332 g/mol. The number of halogens is 1. The standard InChI is InChI=1S/C16H13ClN2O4/c1-10(20)12-4-7-14(17)15(9-12)18-16(21)8-11-2-5-13(6-3-11)19(22)23/h2-7,9H,8H2,1H3,(H,18,21). The van der Waals surface area contributed by atoms with Gasteiger partial charge >= 0.3 is 0 Å². The Bertz CT molecular complexity index is 772. The van der Waals surface area contributed by atoms with Gasteiger partial charge in [0, 0.05) is 17.7 Å². The van der Waals surface area contributed by atoms with E-state index < -0.39 is 4.92 Å². The van der Waals surface area contributed by atoms with Crippen LogP contribution in [0.4, 0.5) is 11.4 Å². The van der Waals surface area contributed by atoms with Gasteiger partial charge in [-0.2, -0.15) is 0 Å². The average Bonchev–Trinajstić information content (AvgIpc) is 2.49. The highest BCUT2D eigenvalue weighted by atomic mass is 35.5. The van der Waals surface area contributed by atoms with Crippen molar-refractivity contribution in [3.8, 4) is 0 Å². The van der Waals surface area contributed by atoms with Gasteiger partial charge in [0.05, 0.1) is 22.1 Å². The third-order valence-corrected chi connectivity index (χ3v) is 3.49. The lowest BCUT2D eigenvalue weighted by Crippen LogP contribution is -2.15. The molecule has 0 aromatic heterocycles. The Morgan fingerprint density at radius 2 is 1.83 bits per heavy atom. The fourth-order valence-corrected chi connectivity index (χ4v) is 2.12. The first-order valence-electron chi connectivity index (χ1n) is 6.70. The normalized spacial score (nSPS) is 10.2. The molecule has 0 aliphatic carbocycles. The van der Waals surface area contributed by atoms with Gasteiger partial charge in [-0.25, -0.2) is 0 Å². The van der Waals surface area contributed by atoms with Crippen LogP contribution in [0.1, 0.15) is 22.8 Å². The van der Waals surface area contributed by atoms with Crippen LogP contribution in [0, 0.1) is 10.1 Å². The molecule has 0 aliphatic rings. The molecule has 0 atom stereocenters. The Labute approximate surface area is 137 Å². The largest absolute Gasteiger partial charge is 0.324 e. The van der Waals surface area contributed by atoms with Crippen LogP contribution in [0.2, 0.25) is 5.02 Å². The number of hydrogen-bond acceptors (Lipinski definition) is 4. The Morgan fingerprint density at radius 1 is 1.17 bits per heavy atom. The Morgan fingerprint density at radius 3 is 2.39 bits per heavy atom. The molecule has 0 saturated heterocycles. The van der Waals surface area contributed by atoms with Crippen molar-refractivity contribution in [3.05, 3.63) is 68.7 Å². The number of carbonyl (C=O) groups is 2. The van der Waals surface area contributed by atoms with Crippen molar-refractivity contribution >= 4 is 34.7 Å². The van der Waals surface area contributed by atoms with Crippen LogP contribution in [0.25, 0.3) is 0 Å². The van der Waals surface area contributed by atoms with Crippen LogP contribution in [0.5, 0.6) is 0 Å². The first-order valence-corrected chi connectivity index (χ1v) is 7.08. The lowest BCUT2D eigenvalue weighted by Gasteiger charge is -2.08. The molecular weight excluding hydrogens is 320 g/mol. The maximum atomic E-state index is 12.0. The van der Waals surface area contributed by atoms with E-state index in [9.17, 15) is 19.7 Å². The van der Waals surface area contributed by atoms with Gasteiger partial charge < -0.3 is 5.32 Å². The lowest BCUT2D eigenvalue weighted by atomic mass is 10.1. The number of ketones is 1. The van der Waals surface area contributed by atoms with Gasteiger partial charge in [0.15, 0.2) is 5.78 Å². The maximum Gasteiger partial charge on any atom is 0.269 e. The smallest absolute Gasteiger partial charge is 0.269 e. The van der Waals surface area contributed by atoms with Crippen LogP contribution < -0.4 is 5.32 Å². The van der Waals surface area contributed by atoms with E-state index in [4.69, 9.17) is 11.6 Å². The minimum absolute atomic E-state index is 0.0358. The minimum Gasteiger partial charge on any atom is -0.324 e. The average molecular weight is 333 g/mol. The number of nitro benzene ring substituents is 1. The molecule has 0 fully saturated rings. The summed E-state index contributed by atoms with van der Waals surface area (Å²) >= 11 is 6.00. The molecule has 1 amide bonds. The Hall–Kier alpha value is -2.73. The molecule has 0 radical (unpaired) electrons. The molecule has 2 aromatic rings. The third kappa shape index (κ3) is 4.37. The van der Waals surface area contributed by atoms with E-state index >= 15 is 0 Å². The van der Waals surface area contributed by atoms with E-state index in [2.05, 4.69) is 5.32 Å². The van der Waals surface area contributed by atoms with Crippen molar-refractivity contribution in [1.29, 1.82) is 0 Å². The SMILES string of the molecule is CC(=O)c1ccc(Cl)c(NC(=O)Cc2ccc([N+](=O)[O-])cc2)c1. The van der Waals surface area contributed by atoms with E-state index in [-0.39, 0.29) is 23.8 Å². The molecule has 1 N–H and O–H groups in total. The summed E-state index contributed by atoms with van der Waals surface area (Å²) in [5.41, 5.74) is 1.39. The van der Waals surface area contributed by atoms with Gasteiger partial charge in [-0.3, -0.25) is 19.7 Å². The molecule has 2 rings (SSSR count). The van der Waals surface area contributed by atoms with Crippen molar-refractivity contribution < 1.29 is 14.5 Å². The minimum atomic E-state index is -0.503. The highest BCUT2D eigenvalue weighted by molar-refractivity contribution is 6.33. The molecule has 0 saturated carbocycles. The van der Waals surface area contributed by atoms with Crippen LogP contribution >= 0.6 is 11.6 Å². The van der Waals surface area contributed by atoms with Gasteiger partial charge in [-0.15, -0.1) is 0 Å². The lowest BCUT2D eigenvalue weighted by molar-refractivity contribution is -0.384. The predicted molar refractivity (Wildman–Crippen MR) is 86.9 cm³/mol. The fourth-order valence-electron chi connectivity index (χ4n) is 1.96. The summed E-state index contributed by atoms with van der Waals surface area (Å²) in [6.45, 7) is 1.42. The zero-order valence-corrected chi connectivity index (χ0v) is 13.0. The van der Waals surface area contributed by atoms with Crippen molar-refractivity contribution in [1.82, 2.24) is 0 Å². The fraction of sp³-hybridized carbons (Fsp3) is 0.125. The maximum absolute atomic E-state index is 12.0. The summed E-state index contributed by atoms with van der Waals surface area (Å²) < 4.78 is 0. The van der Waals surface area contributed by atoms with Gasteiger partial charge in [-0.1, -0.05) is 23.7 Å². The zero-order valence-electron chi connectivity index (χ0n) is 12.2. The Balaban J connectivity index is 2.09. The quantitative estimate of drug-likeness (QED) is 0.514. The molecule has 0 spiro atoms. The number of carbonyl (C=O) groups excluding carboxylic acids is 2. The topological polar surface area (TPSA) is 89.3 Å². The zero-order chi connectivity index (χ0) is 17.0. The summed E-state index contributed by atoms with van der Waals surface area (Å²) in [7, 11) is 0. The highest BCUT2D eigenvalue weighted by Crippen LogP contribution is 2.23. The summed E-state index contributed by atoms with van der Waals surface area (Å²) in [6.07, 6.45) is 0.0403. The number of non-ortho nitro benzene ring substituents is 1. The third-order valence-electron chi connectivity index (χ3n) is 3.16. The van der Waals surface area contributed by atoms with Crippen molar-refractivity contribution in [2.75, 3.05) is 5.32 Å². The number of rotatable bonds is 5. The summed E-state index contributed by atoms with van der Waals surface area (Å²) in [6, 6.07) is 10.4. The van der Waals surface area contributed by atoms with Gasteiger partial charge in [0.1, 0.15) is 0 Å². The van der Waals surface area contributed by atoms with Crippen molar-refractivity contribution in [2.24, 2.45) is 0 Å². The molecule has 0 heterocycles. The van der Waals surface area contributed by atoms with Crippen LogP contribution in [-0.4, -0.2) is 16.6 Å². The summed E-state index contributed by atoms with van der Waals surface area (Å²) in [5, 5.41) is 13.5. The summed E-state index contributed by atoms with van der Waals surface area (Å²) in [5.74, 6) is -0.464. The van der Waals surface area contributed by atoms with E-state index in [0.717, 1.165) is 0 Å². The highest BCUT2D eigenvalue weighted by Gasteiger charge is 2.11. The van der Waals surface area contributed by atoms with E-state index in [1.807, 2.05) is 0 Å². The molecular formula is C16H13ClN2O4. The molecule has 23 heavy (non-hydrogen) atoms. The van der Waals surface area contributed by atoms with E-state index in [1.165, 1.54) is 37.3 Å². The second-order valence-corrected chi connectivity index (χ2v) is 5.31.